The molecule has 0 saturated heterocycles. The molecule has 1 aliphatic rings. The Labute approximate surface area is 148 Å². The maximum Gasteiger partial charge on any atom is 0.141 e. The van der Waals surface area contributed by atoms with Crippen LogP contribution in [0.1, 0.15) is 54.3 Å². The minimum absolute atomic E-state index is 0.110. The molecule has 134 valence electrons. The molecule has 0 bridgehead atoms. The summed E-state index contributed by atoms with van der Waals surface area (Å²) < 4.78 is 6.13. The number of nitrogens with one attached hydrogen (secondary N) is 1. The minimum atomic E-state index is -0.269. The number of rotatable bonds is 4. The Balaban J connectivity index is 1.88. The maximum absolute atomic E-state index is 10.3. The highest BCUT2D eigenvalue weighted by Gasteiger charge is 2.33. The average molecular weight is 342 g/mol. The van der Waals surface area contributed by atoms with Gasteiger partial charge in [-0.3, -0.25) is 4.98 Å². The number of pyridine rings is 1. The molecule has 1 unspecified atom stereocenters. The zero-order valence-corrected chi connectivity index (χ0v) is 15.3. The molecule has 0 aliphatic carbocycles. The summed E-state index contributed by atoms with van der Waals surface area (Å²) in [6.07, 6.45) is 2.44. The molecule has 1 aliphatic heterocycles. The van der Waals surface area contributed by atoms with Crippen molar-refractivity contribution in [1.82, 2.24) is 10.3 Å². The highest BCUT2D eigenvalue weighted by molar-refractivity contribution is 5.43. The van der Waals surface area contributed by atoms with Crippen LogP contribution in [0, 0.1) is 13.8 Å². The summed E-state index contributed by atoms with van der Waals surface area (Å²) in [4.78, 5) is 4.12. The fraction of sp³-hybridized carbons (Fsp3) is 0.450. The van der Waals surface area contributed by atoms with Gasteiger partial charge in [0.15, 0.2) is 0 Å². The molecular formula is C20H26N2O3. The molecule has 25 heavy (non-hydrogen) atoms. The van der Waals surface area contributed by atoms with E-state index in [1.165, 1.54) is 5.56 Å². The lowest BCUT2D eigenvalue weighted by Gasteiger charge is -2.38. The molecule has 0 spiro atoms. The summed E-state index contributed by atoms with van der Waals surface area (Å²) in [5, 5.41) is 23.4. The van der Waals surface area contributed by atoms with Crippen molar-refractivity contribution in [2.75, 3.05) is 0 Å². The number of aryl methyl sites for hydroxylation is 2. The van der Waals surface area contributed by atoms with Gasteiger partial charge in [0.05, 0.1) is 12.3 Å². The minimum Gasteiger partial charge on any atom is -0.506 e. The van der Waals surface area contributed by atoms with Gasteiger partial charge < -0.3 is 20.3 Å². The molecule has 5 nitrogen and oxygen atoms in total. The number of hydrogen-bond acceptors (Lipinski definition) is 5. The topological polar surface area (TPSA) is 74.6 Å². The summed E-state index contributed by atoms with van der Waals surface area (Å²) in [5.41, 5.74) is 3.94. The zero-order valence-electron chi connectivity index (χ0n) is 15.3. The first-order valence-electron chi connectivity index (χ1n) is 8.61. The number of aliphatic hydroxyl groups is 1. The van der Waals surface area contributed by atoms with E-state index in [4.69, 9.17) is 4.74 Å². The van der Waals surface area contributed by atoms with Crippen LogP contribution in [0.3, 0.4) is 0 Å². The molecular weight excluding hydrogens is 316 g/mol. The predicted octanol–water partition coefficient (Wildman–Crippen LogP) is 3.29. The van der Waals surface area contributed by atoms with Crippen LogP contribution in [-0.4, -0.2) is 20.8 Å². The van der Waals surface area contributed by atoms with Crippen molar-refractivity contribution in [3.8, 4) is 11.5 Å². The van der Waals surface area contributed by atoms with Gasteiger partial charge in [-0.15, -0.1) is 0 Å². The van der Waals surface area contributed by atoms with E-state index in [1.807, 2.05) is 0 Å². The first-order valence-corrected chi connectivity index (χ1v) is 8.61. The molecule has 3 rings (SSSR count). The molecule has 1 atom stereocenters. The van der Waals surface area contributed by atoms with Gasteiger partial charge in [-0.05, 0) is 39.3 Å². The van der Waals surface area contributed by atoms with Crippen molar-refractivity contribution in [3.63, 3.8) is 0 Å². The summed E-state index contributed by atoms with van der Waals surface area (Å²) in [6, 6.07) is 6.36. The fourth-order valence-electron chi connectivity index (χ4n) is 3.38. The van der Waals surface area contributed by atoms with E-state index >= 15 is 0 Å². The van der Waals surface area contributed by atoms with Crippen LogP contribution in [0.25, 0.3) is 0 Å². The molecule has 5 heteroatoms. The first-order chi connectivity index (χ1) is 11.8. The largest absolute Gasteiger partial charge is 0.506 e. The maximum atomic E-state index is 10.3. The highest BCUT2D eigenvalue weighted by Crippen LogP contribution is 2.40. The molecule has 2 aromatic rings. The second-order valence-electron chi connectivity index (χ2n) is 7.39. The molecule has 1 aromatic carbocycles. The van der Waals surface area contributed by atoms with Gasteiger partial charge in [0, 0.05) is 41.9 Å². The third-order valence-corrected chi connectivity index (χ3v) is 4.75. The lowest BCUT2D eigenvalue weighted by Crippen LogP contribution is -2.39. The third-order valence-electron chi connectivity index (χ3n) is 4.75. The van der Waals surface area contributed by atoms with Gasteiger partial charge in [0.2, 0.25) is 0 Å². The number of hydrogen-bond donors (Lipinski definition) is 3. The molecule has 0 radical (unpaired) electrons. The standard InChI is InChI=1S/C20H26N2O3/c1-12-5-6-15-17(8-20(3,4)25-18(15)7-12)22-10-16-14(11-23)9-21-13(2)19(16)24/h5-7,9,17,22-24H,8,10-11H2,1-4H3. The van der Waals surface area contributed by atoms with Gasteiger partial charge in [-0.25, -0.2) is 0 Å². The fourth-order valence-corrected chi connectivity index (χ4v) is 3.38. The van der Waals surface area contributed by atoms with E-state index in [0.717, 1.165) is 17.7 Å². The lowest BCUT2D eigenvalue weighted by molar-refractivity contribution is 0.0656. The molecule has 0 fully saturated rings. The van der Waals surface area contributed by atoms with Crippen LogP contribution in [0.4, 0.5) is 0 Å². The zero-order chi connectivity index (χ0) is 18.2. The van der Waals surface area contributed by atoms with Gasteiger partial charge in [-0.1, -0.05) is 12.1 Å². The van der Waals surface area contributed by atoms with E-state index in [-0.39, 0.29) is 24.0 Å². The van der Waals surface area contributed by atoms with Gasteiger partial charge in [-0.2, -0.15) is 0 Å². The third kappa shape index (κ3) is 3.62. The van der Waals surface area contributed by atoms with Crippen LogP contribution >= 0.6 is 0 Å². The average Bonchev–Trinajstić information content (AvgIpc) is 2.54. The number of benzene rings is 1. The SMILES string of the molecule is Cc1ccc2c(c1)OC(C)(C)CC2NCc1c(CO)cnc(C)c1O. The van der Waals surface area contributed by atoms with E-state index in [2.05, 4.69) is 49.3 Å². The Bertz CT molecular complexity index is 787. The molecule has 3 N–H and O–H groups in total. The number of aromatic nitrogens is 1. The summed E-state index contributed by atoms with van der Waals surface area (Å²) in [6.45, 7) is 8.29. The highest BCUT2D eigenvalue weighted by atomic mass is 16.5. The van der Waals surface area contributed by atoms with Gasteiger partial charge >= 0.3 is 0 Å². The monoisotopic (exact) mass is 342 g/mol. The van der Waals surface area contributed by atoms with Crippen LogP contribution in [0.2, 0.25) is 0 Å². The van der Waals surface area contributed by atoms with Gasteiger partial charge in [0.1, 0.15) is 17.1 Å². The van der Waals surface area contributed by atoms with E-state index in [9.17, 15) is 10.2 Å². The summed E-state index contributed by atoms with van der Waals surface area (Å²) >= 11 is 0. The number of ether oxygens (including phenoxy) is 1. The van der Waals surface area contributed by atoms with E-state index < -0.39 is 0 Å². The van der Waals surface area contributed by atoms with E-state index in [0.29, 0.717) is 23.4 Å². The number of nitrogens with zero attached hydrogens (tertiary/aromatic N) is 1. The Morgan fingerprint density at radius 3 is 2.80 bits per heavy atom. The van der Waals surface area contributed by atoms with Crippen molar-refractivity contribution < 1.29 is 14.9 Å². The Morgan fingerprint density at radius 2 is 2.08 bits per heavy atom. The van der Waals surface area contributed by atoms with Crippen LogP contribution in [0.15, 0.2) is 24.4 Å². The number of aromatic hydroxyl groups is 1. The summed E-state index contributed by atoms with van der Waals surface area (Å²) in [5.74, 6) is 1.06. The van der Waals surface area contributed by atoms with Crippen molar-refractivity contribution in [2.45, 2.75) is 58.9 Å². The van der Waals surface area contributed by atoms with Crippen molar-refractivity contribution in [2.24, 2.45) is 0 Å². The van der Waals surface area contributed by atoms with Crippen LogP contribution < -0.4 is 10.1 Å². The second-order valence-corrected chi connectivity index (χ2v) is 7.39. The summed E-state index contributed by atoms with van der Waals surface area (Å²) in [7, 11) is 0. The number of fused-ring (bicyclic) bond motifs is 1. The number of aliphatic hydroxyl groups excluding tert-OH is 1. The van der Waals surface area contributed by atoms with Crippen molar-refractivity contribution in [3.05, 3.63) is 52.3 Å². The van der Waals surface area contributed by atoms with Crippen molar-refractivity contribution >= 4 is 0 Å². The van der Waals surface area contributed by atoms with Gasteiger partial charge in [0.25, 0.3) is 0 Å². The van der Waals surface area contributed by atoms with Crippen molar-refractivity contribution in [1.29, 1.82) is 0 Å². The van der Waals surface area contributed by atoms with E-state index in [1.54, 1.807) is 13.1 Å². The Morgan fingerprint density at radius 1 is 1.32 bits per heavy atom. The molecule has 0 saturated carbocycles. The Hall–Kier alpha value is -2.11. The van der Waals surface area contributed by atoms with Crippen LogP contribution in [-0.2, 0) is 13.2 Å². The smallest absolute Gasteiger partial charge is 0.141 e. The predicted molar refractivity (Wildman–Crippen MR) is 96.6 cm³/mol. The lowest BCUT2D eigenvalue weighted by atomic mass is 9.89. The molecule has 1 aromatic heterocycles. The second kappa shape index (κ2) is 6.65. The normalized spacial score (nSPS) is 18.5. The molecule has 2 heterocycles. The Kier molecular flexibility index (Phi) is 4.71. The first kappa shape index (κ1) is 17.7. The van der Waals surface area contributed by atoms with Crippen LogP contribution in [0.5, 0.6) is 11.5 Å². The quantitative estimate of drug-likeness (QED) is 0.795. The molecule has 0 amide bonds.